The SMILES string of the molecule is C[C@@H](CCNC(=O)c1cccc(CCC(C)(C)O)c1)N1CCN(C)CC1. The van der Waals surface area contributed by atoms with Crippen molar-refractivity contribution >= 4 is 5.91 Å². The molecule has 146 valence electrons. The second-order valence-corrected chi connectivity index (χ2v) is 8.25. The molecule has 1 aromatic rings. The van der Waals surface area contributed by atoms with Gasteiger partial charge in [0.2, 0.25) is 0 Å². The van der Waals surface area contributed by atoms with E-state index in [1.165, 1.54) is 0 Å². The smallest absolute Gasteiger partial charge is 0.251 e. The summed E-state index contributed by atoms with van der Waals surface area (Å²) in [7, 11) is 2.16. The zero-order valence-corrected chi connectivity index (χ0v) is 16.8. The summed E-state index contributed by atoms with van der Waals surface area (Å²) in [5.74, 6) is -0.0133. The molecule has 1 amide bonds. The topological polar surface area (TPSA) is 55.8 Å². The lowest BCUT2D eigenvalue weighted by molar-refractivity contribution is 0.0714. The van der Waals surface area contributed by atoms with Crippen molar-refractivity contribution in [3.63, 3.8) is 0 Å². The Morgan fingerprint density at radius 3 is 2.62 bits per heavy atom. The Bertz CT molecular complexity index is 575. The van der Waals surface area contributed by atoms with Gasteiger partial charge in [-0.15, -0.1) is 0 Å². The van der Waals surface area contributed by atoms with Gasteiger partial charge < -0.3 is 15.3 Å². The number of aryl methyl sites for hydroxylation is 1. The molecule has 0 unspecified atom stereocenters. The first-order valence-electron chi connectivity index (χ1n) is 9.77. The van der Waals surface area contributed by atoms with Crippen LogP contribution in [0.4, 0.5) is 0 Å². The predicted molar refractivity (Wildman–Crippen MR) is 107 cm³/mol. The van der Waals surface area contributed by atoms with Gasteiger partial charge in [0.1, 0.15) is 0 Å². The number of hydrogen-bond acceptors (Lipinski definition) is 4. The second-order valence-electron chi connectivity index (χ2n) is 8.25. The molecule has 26 heavy (non-hydrogen) atoms. The molecule has 0 saturated carbocycles. The van der Waals surface area contributed by atoms with Crippen LogP contribution in [-0.4, -0.2) is 72.2 Å². The number of amides is 1. The maximum absolute atomic E-state index is 12.4. The van der Waals surface area contributed by atoms with Crippen LogP contribution in [0.1, 0.15) is 49.5 Å². The zero-order chi connectivity index (χ0) is 19.2. The summed E-state index contributed by atoms with van der Waals surface area (Å²) in [5, 5.41) is 12.9. The molecule has 0 spiro atoms. The van der Waals surface area contributed by atoms with Gasteiger partial charge in [0.25, 0.3) is 5.91 Å². The molecule has 0 aliphatic carbocycles. The van der Waals surface area contributed by atoms with Crippen LogP contribution in [0, 0.1) is 0 Å². The number of likely N-dealkylation sites (N-methyl/N-ethyl adjacent to an activating group) is 1. The number of hydrogen-bond donors (Lipinski definition) is 2. The molecule has 2 rings (SSSR count). The summed E-state index contributed by atoms with van der Waals surface area (Å²) in [6.07, 6.45) is 2.42. The molecule has 1 heterocycles. The number of piperazine rings is 1. The fourth-order valence-electron chi connectivity index (χ4n) is 3.26. The molecule has 1 saturated heterocycles. The Kier molecular flexibility index (Phi) is 7.62. The number of benzene rings is 1. The van der Waals surface area contributed by atoms with E-state index in [1.54, 1.807) is 0 Å². The van der Waals surface area contributed by atoms with Crippen LogP contribution < -0.4 is 5.32 Å². The van der Waals surface area contributed by atoms with Gasteiger partial charge in [-0.2, -0.15) is 0 Å². The third-order valence-electron chi connectivity index (χ3n) is 5.22. The Morgan fingerprint density at radius 1 is 1.27 bits per heavy atom. The Balaban J connectivity index is 1.77. The van der Waals surface area contributed by atoms with Crippen LogP contribution in [0.15, 0.2) is 24.3 Å². The van der Waals surface area contributed by atoms with Crippen molar-refractivity contribution in [2.75, 3.05) is 39.8 Å². The number of rotatable bonds is 8. The summed E-state index contributed by atoms with van der Waals surface area (Å²) in [6, 6.07) is 8.21. The number of carbonyl (C=O) groups is 1. The van der Waals surface area contributed by atoms with E-state index in [0.717, 1.165) is 44.6 Å². The van der Waals surface area contributed by atoms with E-state index in [4.69, 9.17) is 0 Å². The van der Waals surface area contributed by atoms with Gasteiger partial charge in [0, 0.05) is 44.3 Å². The van der Waals surface area contributed by atoms with Gasteiger partial charge in [0.15, 0.2) is 0 Å². The highest BCUT2D eigenvalue weighted by molar-refractivity contribution is 5.94. The highest BCUT2D eigenvalue weighted by Crippen LogP contribution is 2.14. The third-order valence-corrected chi connectivity index (χ3v) is 5.22. The monoisotopic (exact) mass is 361 g/mol. The minimum atomic E-state index is -0.683. The van der Waals surface area contributed by atoms with Crippen LogP contribution in [0.25, 0.3) is 0 Å². The summed E-state index contributed by atoms with van der Waals surface area (Å²) in [5.41, 5.74) is 1.11. The van der Waals surface area contributed by atoms with E-state index in [-0.39, 0.29) is 5.91 Å². The van der Waals surface area contributed by atoms with E-state index in [2.05, 4.69) is 29.1 Å². The van der Waals surface area contributed by atoms with Crippen LogP contribution >= 0.6 is 0 Å². The lowest BCUT2D eigenvalue weighted by Gasteiger charge is -2.36. The minimum absolute atomic E-state index is 0.0133. The molecule has 0 aromatic heterocycles. The normalized spacial score (nSPS) is 17.9. The van der Waals surface area contributed by atoms with E-state index in [9.17, 15) is 9.90 Å². The molecule has 1 fully saturated rings. The number of aliphatic hydroxyl groups is 1. The first kappa shape index (κ1) is 20.9. The quantitative estimate of drug-likeness (QED) is 0.745. The van der Waals surface area contributed by atoms with E-state index in [0.29, 0.717) is 24.6 Å². The fraction of sp³-hybridized carbons (Fsp3) is 0.667. The van der Waals surface area contributed by atoms with Crippen molar-refractivity contribution in [1.82, 2.24) is 15.1 Å². The Hall–Kier alpha value is -1.43. The molecule has 5 heteroatoms. The average Bonchev–Trinajstić information content (AvgIpc) is 2.60. The average molecular weight is 362 g/mol. The Morgan fingerprint density at radius 2 is 1.96 bits per heavy atom. The van der Waals surface area contributed by atoms with Crippen LogP contribution in [0.2, 0.25) is 0 Å². The van der Waals surface area contributed by atoms with Gasteiger partial charge in [0.05, 0.1) is 5.60 Å². The molecular formula is C21H35N3O2. The maximum Gasteiger partial charge on any atom is 0.251 e. The van der Waals surface area contributed by atoms with Crippen molar-refractivity contribution in [3.05, 3.63) is 35.4 Å². The highest BCUT2D eigenvalue weighted by atomic mass is 16.3. The van der Waals surface area contributed by atoms with Crippen molar-refractivity contribution < 1.29 is 9.90 Å². The molecule has 2 N–H and O–H groups in total. The van der Waals surface area contributed by atoms with Crippen molar-refractivity contribution in [1.29, 1.82) is 0 Å². The van der Waals surface area contributed by atoms with Gasteiger partial charge in [-0.25, -0.2) is 0 Å². The van der Waals surface area contributed by atoms with Crippen LogP contribution in [0.5, 0.6) is 0 Å². The molecule has 1 aromatic carbocycles. The Labute approximate surface area is 158 Å². The van der Waals surface area contributed by atoms with Crippen molar-refractivity contribution in [3.8, 4) is 0 Å². The predicted octanol–water partition coefficient (Wildman–Crippen LogP) is 2.15. The number of carbonyl (C=O) groups excluding carboxylic acids is 1. The summed E-state index contributed by atoms with van der Waals surface area (Å²) < 4.78 is 0. The molecule has 0 radical (unpaired) electrons. The number of nitrogens with one attached hydrogen (secondary N) is 1. The van der Waals surface area contributed by atoms with E-state index in [1.807, 2.05) is 38.1 Å². The van der Waals surface area contributed by atoms with Gasteiger partial charge in [-0.3, -0.25) is 9.69 Å². The summed E-state index contributed by atoms with van der Waals surface area (Å²) >= 11 is 0. The summed E-state index contributed by atoms with van der Waals surface area (Å²) in [6.45, 7) is 11.0. The first-order chi connectivity index (χ1) is 12.2. The molecule has 1 aliphatic rings. The van der Waals surface area contributed by atoms with Gasteiger partial charge in [-0.05, 0) is 64.8 Å². The largest absolute Gasteiger partial charge is 0.390 e. The van der Waals surface area contributed by atoms with Crippen LogP contribution in [-0.2, 0) is 6.42 Å². The van der Waals surface area contributed by atoms with Crippen LogP contribution in [0.3, 0.4) is 0 Å². The first-order valence-corrected chi connectivity index (χ1v) is 9.77. The number of nitrogens with zero attached hydrogens (tertiary/aromatic N) is 2. The standard InChI is InChI=1S/C21H35N3O2/c1-17(24-14-12-23(4)13-15-24)9-11-22-20(25)19-7-5-6-18(16-19)8-10-21(2,3)26/h5-7,16-17,26H,8-15H2,1-4H3,(H,22,25)/t17-/m0/s1. The van der Waals surface area contributed by atoms with Crippen molar-refractivity contribution in [2.45, 2.75) is 51.7 Å². The fourth-order valence-corrected chi connectivity index (χ4v) is 3.26. The second kappa shape index (κ2) is 9.49. The lowest BCUT2D eigenvalue weighted by atomic mass is 9.98. The molecule has 0 bridgehead atoms. The van der Waals surface area contributed by atoms with Crippen molar-refractivity contribution in [2.24, 2.45) is 0 Å². The lowest BCUT2D eigenvalue weighted by Crippen LogP contribution is -2.48. The summed E-state index contributed by atoms with van der Waals surface area (Å²) in [4.78, 5) is 17.3. The minimum Gasteiger partial charge on any atom is -0.390 e. The molecule has 1 atom stereocenters. The maximum atomic E-state index is 12.4. The van der Waals surface area contributed by atoms with E-state index < -0.39 is 5.60 Å². The molecular weight excluding hydrogens is 326 g/mol. The van der Waals surface area contributed by atoms with E-state index >= 15 is 0 Å². The zero-order valence-electron chi connectivity index (χ0n) is 16.8. The van der Waals surface area contributed by atoms with Gasteiger partial charge in [-0.1, -0.05) is 12.1 Å². The van der Waals surface area contributed by atoms with Gasteiger partial charge >= 0.3 is 0 Å². The highest BCUT2D eigenvalue weighted by Gasteiger charge is 2.19. The molecule has 1 aliphatic heterocycles. The molecule has 5 nitrogen and oxygen atoms in total. The third kappa shape index (κ3) is 7.06.